The van der Waals surface area contributed by atoms with Crippen LogP contribution >= 0.6 is 0 Å². The van der Waals surface area contributed by atoms with Gasteiger partial charge in [-0.3, -0.25) is 0 Å². The Balaban J connectivity index is 2.61. The zero-order chi connectivity index (χ0) is 12.7. The molecular weight excluding hydrogens is 214 g/mol. The van der Waals surface area contributed by atoms with Crippen LogP contribution in [0, 0.1) is 0 Å². The summed E-state index contributed by atoms with van der Waals surface area (Å²) >= 11 is 0. The zero-order valence-electron chi connectivity index (χ0n) is 11.0. The first kappa shape index (κ1) is 14.0. The fraction of sp³-hybridized carbons (Fsp3) is 0.571. The second-order valence-corrected chi connectivity index (χ2v) is 4.50. The van der Waals surface area contributed by atoms with Gasteiger partial charge in [0.05, 0.1) is 6.61 Å². The van der Waals surface area contributed by atoms with Gasteiger partial charge in [-0.25, -0.2) is 0 Å². The SMILES string of the molecule is CCC(C)(CN)Oc1ccc(CCOC)cc1. The Labute approximate surface area is 104 Å². The van der Waals surface area contributed by atoms with Crippen LogP contribution in [0.2, 0.25) is 0 Å². The molecule has 3 heteroatoms. The number of ether oxygens (including phenoxy) is 2. The first-order valence-corrected chi connectivity index (χ1v) is 6.10. The van der Waals surface area contributed by atoms with Gasteiger partial charge in [-0.15, -0.1) is 0 Å². The fourth-order valence-corrected chi connectivity index (χ4v) is 1.49. The van der Waals surface area contributed by atoms with Gasteiger partial charge in [0.2, 0.25) is 0 Å². The third-order valence-corrected chi connectivity index (χ3v) is 3.06. The molecule has 0 saturated carbocycles. The van der Waals surface area contributed by atoms with Crippen LogP contribution in [0.5, 0.6) is 5.75 Å². The van der Waals surface area contributed by atoms with Crippen molar-refractivity contribution in [2.75, 3.05) is 20.3 Å². The van der Waals surface area contributed by atoms with Gasteiger partial charge in [-0.1, -0.05) is 19.1 Å². The van der Waals surface area contributed by atoms with Gasteiger partial charge in [0.15, 0.2) is 0 Å². The van der Waals surface area contributed by atoms with Gasteiger partial charge in [-0.05, 0) is 37.5 Å². The summed E-state index contributed by atoms with van der Waals surface area (Å²) in [5.41, 5.74) is 6.70. The average molecular weight is 237 g/mol. The number of methoxy groups -OCH3 is 1. The fourth-order valence-electron chi connectivity index (χ4n) is 1.49. The number of rotatable bonds is 7. The Morgan fingerprint density at radius 1 is 1.24 bits per heavy atom. The van der Waals surface area contributed by atoms with Crippen molar-refractivity contribution in [3.8, 4) is 5.75 Å². The normalized spacial score (nSPS) is 14.4. The van der Waals surface area contributed by atoms with Crippen molar-refractivity contribution < 1.29 is 9.47 Å². The molecule has 0 aromatic heterocycles. The zero-order valence-corrected chi connectivity index (χ0v) is 11.0. The highest BCUT2D eigenvalue weighted by molar-refractivity contribution is 5.28. The Hall–Kier alpha value is -1.06. The minimum atomic E-state index is -0.270. The van der Waals surface area contributed by atoms with E-state index in [1.807, 2.05) is 19.1 Å². The quantitative estimate of drug-likeness (QED) is 0.792. The molecular formula is C14H23NO2. The molecule has 1 atom stereocenters. The Bertz CT molecular complexity index is 317. The molecule has 0 spiro atoms. The van der Waals surface area contributed by atoms with Crippen molar-refractivity contribution in [2.45, 2.75) is 32.3 Å². The van der Waals surface area contributed by atoms with E-state index in [1.54, 1.807) is 7.11 Å². The summed E-state index contributed by atoms with van der Waals surface area (Å²) in [5.74, 6) is 0.876. The van der Waals surface area contributed by atoms with Crippen LogP contribution in [0.3, 0.4) is 0 Å². The summed E-state index contributed by atoms with van der Waals surface area (Å²) in [7, 11) is 1.71. The molecule has 0 amide bonds. The number of benzene rings is 1. The van der Waals surface area contributed by atoms with Crippen molar-refractivity contribution in [1.29, 1.82) is 0 Å². The highest BCUT2D eigenvalue weighted by Crippen LogP contribution is 2.21. The van der Waals surface area contributed by atoms with Crippen LogP contribution < -0.4 is 10.5 Å². The second kappa shape index (κ2) is 6.62. The van der Waals surface area contributed by atoms with Gasteiger partial charge >= 0.3 is 0 Å². The highest BCUT2D eigenvalue weighted by Gasteiger charge is 2.21. The standard InChI is InChI=1S/C14H23NO2/c1-4-14(2,11-15)17-13-7-5-12(6-8-13)9-10-16-3/h5-8H,4,9-11,15H2,1-3H3. The monoisotopic (exact) mass is 237 g/mol. The molecule has 3 nitrogen and oxygen atoms in total. The molecule has 1 aromatic carbocycles. The molecule has 2 N–H and O–H groups in total. The molecule has 0 heterocycles. The van der Waals surface area contributed by atoms with E-state index in [0.29, 0.717) is 6.54 Å². The van der Waals surface area contributed by atoms with Crippen molar-refractivity contribution >= 4 is 0 Å². The Morgan fingerprint density at radius 2 is 1.88 bits per heavy atom. The van der Waals surface area contributed by atoms with Crippen LogP contribution in [0.15, 0.2) is 24.3 Å². The molecule has 0 bridgehead atoms. The van der Waals surface area contributed by atoms with Crippen LogP contribution in [0.1, 0.15) is 25.8 Å². The Morgan fingerprint density at radius 3 is 2.35 bits per heavy atom. The van der Waals surface area contributed by atoms with Crippen molar-refractivity contribution in [2.24, 2.45) is 5.73 Å². The number of hydrogen-bond donors (Lipinski definition) is 1. The maximum absolute atomic E-state index is 5.90. The first-order chi connectivity index (χ1) is 8.13. The minimum Gasteiger partial charge on any atom is -0.486 e. The molecule has 17 heavy (non-hydrogen) atoms. The van der Waals surface area contributed by atoms with Gasteiger partial charge in [0.25, 0.3) is 0 Å². The topological polar surface area (TPSA) is 44.5 Å². The van der Waals surface area contributed by atoms with Gasteiger partial charge in [0, 0.05) is 13.7 Å². The summed E-state index contributed by atoms with van der Waals surface area (Å²) < 4.78 is 10.9. The van der Waals surface area contributed by atoms with Crippen LogP contribution in [0.25, 0.3) is 0 Å². The van der Waals surface area contributed by atoms with E-state index < -0.39 is 0 Å². The third-order valence-electron chi connectivity index (χ3n) is 3.06. The molecule has 0 aliphatic heterocycles. The molecule has 0 fully saturated rings. The average Bonchev–Trinajstić information content (AvgIpc) is 2.38. The third kappa shape index (κ3) is 4.36. The summed E-state index contributed by atoms with van der Waals surface area (Å²) in [6, 6.07) is 8.13. The van der Waals surface area contributed by atoms with E-state index >= 15 is 0 Å². The van der Waals surface area contributed by atoms with Crippen molar-refractivity contribution in [1.82, 2.24) is 0 Å². The van der Waals surface area contributed by atoms with Crippen LogP contribution in [-0.2, 0) is 11.2 Å². The molecule has 0 aliphatic carbocycles. The lowest BCUT2D eigenvalue weighted by Gasteiger charge is -2.28. The Kier molecular flexibility index (Phi) is 5.45. The number of hydrogen-bond acceptors (Lipinski definition) is 3. The summed E-state index contributed by atoms with van der Waals surface area (Å²) in [5, 5.41) is 0. The van der Waals surface area contributed by atoms with E-state index in [1.165, 1.54) is 5.56 Å². The lowest BCUT2D eigenvalue weighted by molar-refractivity contribution is 0.0935. The second-order valence-electron chi connectivity index (χ2n) is 4.50. The summed E-state index contributed by atoms with van der Waals surface area (Å²) in [6.07, 6.45) is 1.83. The van der Waals surface area contributed by atoms with E-state index in [4.69, 9.17) is 15.2 Å². The molecule has 0 aliphatic rings. The van der Waals surface area contributed by atoms with Crippen LogP contribution in [-0.4, -0.2) is 25.9 Å². The molecule has 96 valence electrons. The summed E-state index contributed by atoms with van der Waals surface area (Å²) in [6.45, 7) is 5.39. The molecule has 1 rings (SSSR count). The smallest absolute Gasteiger partial charge is 0.120 e. The molecule has 0 radical (unpaired) electrons. The van der Waals surface area contributed by atoms with Crippen molar-refractivity contribution in [3.63, 3.8) is 0 Å². The van der Waals surface area contributed by atoms with E-state index in [0.717, 1.165) is 25.2 Å². The van der Waals surface area contributed by atoms with Gasteiger partial charge in [0.1, 0.15) is 11.4 Å². The summed E-state index contributed by atoms with van der Waals surface area (Å²) in [4.78, 5) is 0. The van der Waals surface area contributed by atoms with Gasteiger partial charge < -0.3 is 15.2 Å². The lowest BCUT2D eigenvalue weighted by Crippen LogP contribution is -2.39. The van der Waals surface area contributed by atoms with Crippen LogP contribution in [0.4, 0.5) is 0 Å². The van der Waals surface area contributed by atoms with Gasteiger partial charge in [-0.2, -0.15) is 0 Å². The predicted octanol–water partition coefficient (Wildman–Crippen LogP) is 2.38. The first-order valence-electron chi connectivity index (χ1n) is 6.10. The maximum atomic E-state index is 5.90. The molecule has 1 unspecified atom stereocenters. The van der Waals surface area contributed by atoms with E-state index in [2.05, 4.69) is 19.1 Å². The van der Waals surface area contributed by atoms with E-state index in [9.17, 15) is 0 Å². The lowest BCUT2D eigenvalue weighted by atomic mass is 10.0. The predicted molar refractivity (Wildman–Crippen MR) is 70.4 cm³/mol. The number of nitrogens with two attached hydrogens (primary N) is 1. The molecule has 0 saturated heterocycles. The maximum Gasteiger partial charge on any atom is 0.120 e. The largest absolute Gasteiger partial charge is 0.486 e. The van der Waals surface area contributed by atoms with Crippen molar-refractivity contribution in [3.05, 3.63) is 29.8 Å². The minimum absolute atomic E-state index is 0.270. The highest BCUT2D eigenvalue weighted by atomic mass is 16.5. The van der Waals surface area contributed by atoms with E-state index in [-0.39, 0.29) is 5.60 Å². The molecule has 1 aromatic rings.